The van der Waals surface area contributed by atoms with Crippen LogP contribution in [0.25, 0.3) is 0 Å². The summed E-state index contributed by atoms with van der Waals surface area (Å²) in [6, 6.07) is 8.79. The first kappa shape index (κ1) is 13.6. The van der Waals surface area contributed by atoms with Gasteiger partial charge in [0, 0.05) is 23.8 Å². The number of nitrogens with zero attached hydrogens (tertiary/aromatic N) is 2. The molecule has 0 atom stereocenters. The highest BCUT2D eigenvalue weighted by Crippen LogP contribution is 2.17. The molecule has 1 N–H and O–H groups in total. The normalized spacial score (nSPS) is 10.7. The van der Waals surface area contributed by atoms with Gasteiger partial charge in [-0.2, -0.15) is 5.10 Å². The van der Waals surface area contributed by atoms with Crippen molar-refractivity contribution in [3.63, 3.8) is 0 Å². The van der Waals surface area contributed by atoms with Crippen molar-refractivity contribution in [3.8, 4) is 0 Å². The van der Waals surface area contributed by atoms with E-state index in [2.05, 4.69) is 10.5 Å². The highest BCUT2D eigenvalue weighted by Gasteiger charge is 2.05. The lowest BCUT2D eigenvalue weighted by Crippen LogP contribution is -1.95. The van der Waals surface area contributed by atoms with Crippen molar-refractivity contribution < 1.29 is 13.7 Å². The Morgan fingerprint density at radius 3 is 2.70 bits per heavy atom. The van der Waals surface area contributed by atoms with E-state index in [4.69, 9.17) is 0 Å². The van der Waals surface area contributed by atoms with Crippen molar-refractivity contribution in [2.75, 3.05) is 5.43 Å². The molecule has 20 heavy (non-hydrogen) atoms. The number of hydrogen-bond acceptors (Lipinski definition) is 4. The van der Waals surface area contributed by atoms with Gasteiger partial charge in [-0.05, 0) is 18.2 Å². The van der Waals surface area contributed by atoms with Gasteiger partial charge >= 0.3 is 0 Å². The minimum atomic E-state index is -0.741. The number of nitrogens with one attached hydrogen (secondary N) is 1. The lowest BCUT2D eigenvalue weighted by Gasteiger charge is -2.00. The summed E-state index contributed by atoms with van der Waals surface area (Å²) in [5, 5.41) is 14.3. The predicted octanol–water partition coefficient (Wildman–Crippen LogP) is 3.32. The largest absolute Gasteiger partial charge is 0.278 e. The van der Waals surface area contributed by atoms with Crippen molar-refractivity contribution in [3.05, 3.63) is 69.8 Å². The summed E-state index contributed by atoms with van der Waals surface area (Å²) in [6.45, 7) is 0. The highest BCUT2D eigenvalue weighted by atomic mass is 19.1. The summed E-state index contributed by atoms with van der Waals surface area (Å²) in [5.41, 5.74) is 2.94. The molecule has 2 aromatic carbocycles. The van der Waals surface area contributed by atoms with Gasteiger partial charge in [-0.15, -0.1) is 0 Å². The molecule has 0 bridgehead atoms. The van der Waals surface area contributed by atoms with E-state index in [1.807, 2.05) is 0 Å². The average Bonchev–Trinajstić information content (AvgIpc) is 2.41. The van der Waals surface area contributed by atoms with E-state index in [0.717, 1.165) is 18.3 Å². The molecule has 0 fully saturated rings. The van der Waals surface area contributed by atoms with Gasteiger partial charge in [0.05, 0.1) is 16.8 Å². The van der Waals surface area contributed by atoms with Gasteiger partial charge < -0.3 is 0 Å². The molecule has 0 saturated carbocycles. The van der Waals surface area contributed by atoms with Crippen molar-refractivity contribution in [2.24, 2.45) is 5.10 Å². The number of anilines is 1. The molecule has 0 aromatic heterocycles. The second-order valence-corrected chi connectivity index (χ2v) is 3.84. The maximum atomic E-state index is 13.3. The first-order valence-electron chi connectivity index (χ1n) is 5.55. The number of hydrazone groups is 1. The van der Waals surface area contributed by atoms with Crippen molar-refractivity contribution in [2.45, 2.75) is 0 Å². The molecule has 0 aliphatic rings. The Morgan fingerprint density at radius 2 is 2.00 bits per heavy atom. The van der Waals surface area contributed by atoms with Crippen LogP contribution in [-0.4, -0.2) is 11.1 Å². The molecule has 0 heterocycles. The Labute approximate surface area is 112 Å². The zero-order chi connectivity index (χ0) is 14.5. The van der Waals surface area contributed by atoms with Gasteiger partial charge in [-0.3, -0.25) is 15.5 Å². The van der Waals surface area contributed by atoms with Crippen LogP contribution in [0.15, 0.2) is 47.6 Å². The minimum Gasteiger partial charge on any atom is -0.278 e. The van der Waals surface area contributed by atoms with Crippen LogP contribution in [0.2, 0.25) is 0 Å². The molecule has 0 radical (unpaired) electrons. The van der Waals surface area contributed by atoms with Crippen LogP contribution < -0.4 is 5.43 Å². The molecule has 102 valence electrons. The summed E-state index contributed by atoms with van der Waals surface area (Å²) in [4.78, 5) is 10.0. The number of nitro benzene ring substituents is 1. The van der Waals surface area contributed by atoms with Gasteiger partial charge in [0.25, 0.3) is 5.69 Å². The standard InChI is InChI=1S/C13H9F2N3O2/c14-10-5-4-9(13(15)6-10)8-16-17-11-2-1-3-12(7-11)18(19)20/h1-8,17H/b16-8-. The summed E-state index contributed by atoms with van der Waals surface area (Å²) in [6.07, 6.45) is 1.16. The molecule has 7 heteroatoms. The molecular formula is C13H9F2N3O2. The van der Waals surface area contributed by atoms with Gasteiger partial charge in [-0.25, -0.2) is 8.78 Å². The van der Waals surface area contributed by atoms with Crippen LogP contribution in [0.3, 0.4) is 0 Å². The third kappa shape index (κ3) is 3.35. The van der Waals surface area contributed by atoms with Crippen LogP contribution in [0, 0.1) is 21.7 Å². The number of non-ortho nitro benzene ring substituents is 1. The van der Waals surface area contributed by atoms with Crippen molar-refractivity contribution in [1.29, 1.82) is 0 Å². The van der Waals surface area contributed by atoms with E-state index in [1.54, 1.807) is 6.07 Å². The molecule has 2 rings (SSSR count). The van der Waals surface area contributed by atoms with E-state index < -0.39 is 16.6 Å². The van der Waals surface area contributed by atoms with E-state index in [1.165, 1.54) is 24.3 Å². The van der Waals surface area contributed by atoms with Gasteiger partial charge in [-0.1, -0.05) is 6.07 Å². The van der Waals surface area contributed by atoms with Gasteiger partial charge in [0.2, 0.25) is 0 Å². The van der Waals surface area contributed by atoms with Gasteiger partial charge in [0.1, 0.15) is 11.6 Å². The second kappa shape index (κ2) is 5.87. The lowest BCUT2D eigenvalue weighted by atomic mass is 10.2. The van der Waals surface area contributed by atoms with Crippen LogP contribution in [0.5, 0.6) is 0 Å². The number of halogens is 2. The van der Waals surface area contributed by atoms with Gasteiger partial charge in [0.15, 0.2) is 0 Å². The van der Waals surface area contributed by atoms with Crippen molar-refractivity contribution >= 4 is 17.6 Å². The first-order valence-corrected chi connectivity index (χ1v) is 5.55. The average molecular weight is 277 g/mol. The smallest absolute Gasteiger partial charge is 0.271 e. The maximum absolute atomic E-state index is 13.3. The molecule has 0 aliphatic heterocycles. The first-order chi connectivity index (χ1) is 9.56. The SMILES string of the molecule is O=[N+]([O-])c1cccc(N/N=C\c2ccc(F)cc2F)c1. The Morgan fingerprint density at radius 1 is 1.20 bits per heavy atom. The highest BCUT2D eigenvalue weighted by molar-refractivity contribution is 5.80. The quantitative estimate of drug-likeness (QED) is 0.529. The molecule has 0 aliphatic carbocycles. The zero-order valence-electron chi connectivity index (χ0n) is 10.1. The van der Waals surface area contributed by atoms with E-state index in [9.17, 15) is 18.9 Å². The third-order valence-electron chi connectivity index (χ3n) is 2.42. The Bertz CT molecular complexity index is 674. The molecular weight excluding hydrogens is 268 g/mol. The molecule has 0 amide bonds. The Kier molecular flexibility index (Phi) is 3.99. The Balaban J connectivity index is 2.10. The monoisotopic (exact) mass is 277 g/mol. The van der Waals surface area contributed by atoms with E-state index in [0.29, 0.717) is 5.69 Å². The number of rotatable bonds is 4. The van der Waals surface area contributed by atoms with Crippen LogP contribution in [-0.2, 0) is 0 Å². The summed E-state index contributed by atoms with van der Waals surface area (Å²) >= 11 is 0. The second-order valence-electron chi connectivity index (χ2n) is 3.84. The predicted molar refractivity (Wildman–Crippen MR) is 70.7 cm³/mol. The number of nitro groups is 1. The topological polar surface area (TPSA) is 67.5 Å². The molecule has 0 spiro atoms. The maximum Gasteiger partial charge on any atom is 0.271 e. The van der Waals surface area contributed by atoms with Crippen molar-refractivity contribution in [1.82, 2.24) is 0 Å². The minimum absolute atomic E-state index is 0.0850. The fourth-order valence-corrected chi connectivity index (χ4v) is 1.47. The van der Waals surface area contributed by atoms with E-state index in [-0.39, 0.29) is 11.3 Å². The lowest BCUT2D eigenvalue weighted by molar-refractivity contribution is -0.384. The van der Waals surface area contributed by atoms with Crippen LogP contribution in [0.1, 0.15) is 5.56 Å². The summed E-state index contributed by atoms with van der Waals surface area (Å²) < 4.78 is 26.0. The molecule has 2 aromatic rings. The summed E-state index contributed by atoms with van der Waals surface area (Å²) in [7, 11) is 0. The van der Waals surface area contributed by atoms with Crippen LogP contribution in [0.4, 0.5) is 20.2 Å². The summed E-state index contributed by atoms with van der Waals surface area (Å²) in [5.74, 6) is -1.42. The number of hydrogen-bond donors (Lipinski definition) is 1. The fourth-order valence-electron chi connectivity index (χ4n) is 1.47. The molecule has 5 nitrogen and oxygen atoms in total. The Hall–Kier alpha value is -2.83. The number of benzene rings is 2. The zero-order valence-corrected chi connectivity index (χ0v) is 10.1. The molecule has 0 unspecified atom stereocenters. The molecule has 0 saturated heterocycles. The van der Waals surface area contributed by atoms with Crippen LogP contribution >= 0.6 is 0 Å². The fraction of sp³-hybridized carbons (Fsp3) is 0. The third-order valence-corrected chi connectivity index (χ3v) is 2.42. The van der Waals surface area contributed by atoms with E-state index >= 15 is 0 Å².